The molecule has 1 aromatic heterocycles. The highest BCUT2D eigenvalue weighted by Gasteiger charge is 2.29. The van der Waals surface area contributed by atoms with Gasteiger partial charge in [0.1, 0.15) is 5.82 Å². The van der Waals surface area contributed by atoms with Gasteiger partial charge in [-0.2, -0.15) is 5.10 Å². The molecule has 0 spiro atoms. The van der Waals surface area contributed by atoms with Gasteiger partial charge in [0.2, 0.25) is 0 Å². The van der Waals surface area contributed by atoms with Crippen molar-refractivity contribution in [1.29, 1.82) is 0 Å². The average Bonchev–Trinajstić information content (AvgIpc) is 2.92. The zero-order valence-corrected chi connectivity index (χ0v) is 13.3. The van der Waals surface area contributed by atoms with E-state index in [2.05, 4.69) is 26.1 Å². The number of hydrogen-bond acceptors (Lipinski definition) is 2. The van der Waals surface area contributed by atoms with Crippen LogP contribution in [0.1, 0.15) is 32.0 Å². The van der Waals surface area contributed by atoms with E-state index in [1.807, 2.05) is 16.8 Å². The van der Waals surface area contributed by atoms with Gasteiger partial charge in [0.05, 0.1) is 21.4 Å². The van der Waals surface area contributed by atoms with Crippen molar-refractivity contribution in [2.75, 3.05) is 11.9 Å². The molecular formula is C15H17Cl2N3. The summed E-state index contributed by atoms with van der Waals surface area (Å²) in [4.78, 5) is 0. The Labute approximate surface area is 128 Å². The minimum Gasteiger partial charge on any atom is -0.369 e. The number of benzene rings is 1. The second-order valence-electron chi connectivity index (χ2n) is 6.11. The number of fused-ring (bicyclic) bond motifs is 1. The standard InChI is InChI=1S/C15H17Cl2N3/c1-15(2,3)13-10-6-7-18-14(10)20(19-13)9-4-5-11(16)12(17)8-9/h4-5,8,18H,6-7H2,1-3H3. The van der Waals surface area contributed by atoms with E-state index in [1.165, 1.54) is 5.56 Å². The Morgan fingerprint density at radius 3 is 2.60 bits per heavy atom. The lowest BCUT2D eigenvalue weighted by molar-refractivity contribution is 0.554. The van der Waals surface area contributed by atoms with Gasteiger partial charge in [0.25, 0.3) is 0 Å². The number of nitrogens with one attached hydrogen (secondary N) is 1. The first-order valence-corrected chi connectivity index (χ1v) is 7.45. The fourth-order valence-electron chi connectivity index (χ4n) is 2.58. The van der Waals surface area contributed by atoms with Gasteiger partial charge in [-0.15, -0.1) is 0 Å². The molecule has 5 heteroatoms. The number of nitrogens with zero attached hydrogens (tertiary/aromatic N) is 2. The first kappa shape index (κ1) is 13.8. The number of anilines is 1. The van der Waals surface area contributed by atoms with Crippen LogP contribution in [0.15, 0.2) is 18.2 Å². The highest BCUT2D eigenvalue weighted by Crippen LogP contribution is 2.36. The zero-order valence-electron chi connectivity index (χ0n) is 11.8. The molecule has 1 aliphatic rings. The quantitative estimate of drug-likeness (QED) is 0.843. The third-order valence-corrected chi connectivity index (χ3v) is 4.25. The lowest BCUT2D eigenvalue weighted by Crippen LogP contribution is -2.15. The van der Waals surface area contributed by atoms with Gasteiger partial charge in [-0.25, -0.2) is 4.68 Å². The molecule has 0 aliphatic carbocycles. The van der Waals surface area contributed by atoms with E-state index < -0.39 is 0 Å². The van der Waals surface area contributed by atoms with Gasteiger partial charge in [-0.1, -0.05) is 44.0 Å². The van der Waals surface area contributed by atoms with E-state index in [4.69, 9.17) is 28.3 Å². The Hall–Kier alpha value is -1.19. The van der Waals surface area contributed by atoms with Crippen LogP contribution in [0, 0.1) is 0 Å². The van der Waals surface area contributed by atoms with Gasteiger partial charge in [-0.3, -0.25) is 0 Å². The summed E-state index contributed by atoms with van der Waals surface area (Å²) in [6.07, 6.45) is 1.02. The van der Waals surface area contributed by atoms with Crippen molar-refractivity contribution in [3.05, 3.63) is 39.5 Å². The summed E-state index contributed by atoms with van der Waals surface area (Å²) < 4.78 is 1.94. The van der Waals surface area contributed by atoms with Crippen molar-refractivity contribution in [3.8, 4) is 5.69 Å². The fourth-order valence-corrected chi connectivity index (χ4v) is 2.87. The van der Waals surface area contributed by atoms with Crippen LogP contribution in [0.4, 0.5) is 5.82 Å². The Morgan fingerprint density at radius 2 is 1.95 bits per heavy atom. The molecule has 0 radical (unpaired) electrons. The topological polar surface area (TPSA) is 29.9 Å². The molecule has 3 nitrogen and oxygen atoms in total. The highest BCUT2D eigenvalue weighted by molar-refractivity contribution is 6.42. The molecule has 3 rings (SSSR count). The normalized spacial score (nSPS) is 14.2. The summed E-state index contributed by atoms with van der Waals surface area (Å²) in [6.45, 7) is 7.52. The monoisotopic (exact) mass is 309 g/mol. The molecule has 20 heavy (non-hydrogen) atoms. The maximum atomic E-state index is 6.12. The first-order valence-electron chi connectivity index (χ1n) is 6.69. The van der Waals surface area contributed by atoms with Crippen molar-refractivity contribution in [2.24, 2.45) is 0 Å². The van der Waals surface area contributed by atoms with Crippen LogP contribution < -0.4 is 5.32 Å². The Kier molecular flexibility index (Phi) is 3.22. The summed E-state index contributed by atoms with van der Waals surface area (Å²) in [5, 5.41) is 9.32. The molecule has 1 N–H and O–H groups in total. The highest BCUT2D eigenvalue weighted by atomic mass is 35.5. The molecule has 1 aromatic carbocycles. The molecule has 1 aliphatic heterocycles. The largest absolute Gasteiger partial charge is 0.369 e. The maximum absolute atomic E-state index is 6.12. The predicted octanol–water partition coefficient (Wildman–Crippen LogP) is 4.44. The van der Waals surface area contributed by atoms with E-state index in [1.54, 1.807) is 6.07 Å². The third kappa shape index (κ3) is 2.19. The summed E-state index contributed by atoms with van der Waals surface area (Å²) in [5.74, 6) is 1.08. The molecule has 106 valence electrons. The Balaban J connectivity index is 2.17. The van der Waals surface area contributed by atoms with Gasteiger partial charge in [0.15, 0.2) is 0 Å². The van der Waals surface area contributed by atoms with E-state index in [-0.39, 0.29) is 5.41 Å². The maximum Gasteiger partial charge on any atom is 0.133 e. The summed E-state index contributed by atoms with van der Waals surface area (Å²) in [5.41, 5.74) is 3.41. The van der Waals surface area contributed by atoms with Gasteiger partial charge in [-0.05, 0) is 24.6 Å². The van der Waals surface area contributed by atoms with Gasteiger partial charge in [0, 0.05) is 17.5 Å². The lowest BCUT2D eigenvalue weighted by Gasteiger charge is -2.16. The van der Waals surface area contributed by atoms with Gasteiger partial charge >= 0.3 is 0 Å². The van der Waals surface area contributed by atoms with Crippen LogP contribution >= 0.6 is 23.2 Å². The van der Waals surface area contributed by atoms with Crippen LogP contribution in [0.3, 0.4) is 0 Å². The minimum atomic E-state index is 0.0254. The average molecular weight is 310 g/mol. The van der Waals surface area contributed by atoms with Crippen molar-refractivity contribution >= 4 is 29.0 Å². The number of halogens is 2. The molecule has 2 aromatic rings. The van der Waals surface area contributed by atoms with Crippen molar-refractivity contribution in [3.63, 3.8) is 0 Å². The van der Waals surface area contributed by atoms with Crippen LogP contribution in [0.5, 0.6) is 0 Å². The number of aromatic nitrogens is 2. The summed E-state index contributed by atoms with van der Waals surface area (Å²) in [7, 11) is 0. The Morgan fingerprint density at radius 1 is 1.20 bits per heavy atom. The predicted molar refractivity (Wildman–Crippen MR) is 84.5 cm³/mol. The van der Waals surface area contributed by atoms with E-state index in [9.17, 15) is 0 Å². The second kappa shape index (κ2) is 4.68. The van der Waals surface area contributed by atoms with Crippen LogP contribution in [-0.4, -0.2) is 16.3 Å². The SMILES string of the molecule is CC(C)(C)c1nn(-c2ccc(Cl)c(Cl)c2)c2c1CCN2. The van der Waals surface area contributed by atoms with E-state index in [0.29, 0.717) is 10.0 Å². The molecular weight excluding hydrogens is 293 g/mol. The van der Waals surface area contributed by atoms with Crippen LogP contribution in [0.25, 0.3) is 5.69 Å². The summed E-state index contributed by atoms with van der Waals surface area (Å²) in [6, 6.07) is 5.59. The molecule has 2 heterocycles. The lowest BCUT2D eigenvalue weighted by atomic mass is 9.89. The van der Waals surface area contributed by atoms with Crippen LogP contribution in [0.2, 0.25) is 10.0 Å². The molecule has 0 atom stereocenters. The van der Waals surface area contributed by atoms with Gasteiger partial charge < -0.3 is 5.32 Å². The zero-order chi connectivity index (χ0) is 14.5. The Bertz CT molecular complexity index is 668. The summed E-state index contributed by atoms with van der Waals surface area (Å²) >= 11 is 12.1. The second-order valence-corrected chi connectivity index (χ2v) is 6.93. The molecule has 0 saturated carbocycles. The molecule has 0 amide bonds. The molecule has 0 unspecified atom stereocenters. The van der Waals surface area contributed by atoms with E-state index in [0.717, 1.165) is 30.2 Å². The third-order valence-electron chi connectivity index (χ3n) is 3.51. The van der Waals surface area contributed by atoms with Crippen molar-refractivity contribution in [1.82, 2.24) is 9.78 Å². The first-order chi connectivity index (χ1) is 9.38. The van der Waals surface area contributed by atoms with Crippen LogP contribution in [-0.2, 0) is 11.8 Å². The number of rotatable bonds is 1. The van der Waals surface area contributed by atoms with E-state index >= 15 is 0 Å². The molecule has 0 saturated heterocycles. The smallest absolute Gasteiger partial charge is 0.133 e. The fraction of sp³-hybridized carbons (Fsp3) is 0.400. The minimum absolute atomic E-state index is 0.0254. The van der Waals surface area contributed by atoms with Crippen molar-refractivity contribution < 1.29 is 0 Å². The number of hydrogen-bond donors (Lipinski definition) is 1. The molecule has 0 bridgehead atoms. The molecule has 0 fully saturated rings. The van der Waals surface area contributed by atoms with Crippen molar-refractivity contribution in [2.45, 2.75) is 32.6 Å².